The predicted octanol–water partition coefficient (Wildman–Crippen LogP) is 0.648. The van der Waals surface area contributed by atoms with E-state index in [2.05, 4.69) is 12.6 Å². The number of ketones is 1. The molecule has 6 heavy (non-hydrogen) atoms. The summed E-state index contributed by atoms with van der Waals surface area (Å²) in [7, 11) is 0. The predicted molar refractivity (Wildman–Crippen MR) is 27.0 cm³/mol. The molecule has 0 aromatic heterocycles. The summed E-state index contributed by atoms with van der Waals surface area (Å²) in [5, 5.41) is 0.387. The summed E-state index contributed by atoms with van der Waals surface area (Å²) in [6.45, 7) is 0. The SMILES string of the molecule is O=C1CC(S)C1. The van der Waals surface area contributed by atoms with Gasteiger partial charge >= 0.3 is 0 Å². The number of hydrogen-bond donors (Lipinski definition) is 1. The molecule has 1 saturated carbocycles. The highest BCUT2D eigenvalue weighted by Crippen LogP contribution is 2.19. The zero-order chi connectivity index (χ0) is 4.57. The van der Waals surface area contributed by atoms with Crippen LogP contribution in [-0.2, 0) is 4.79 Å². The van der Waals surface area contributed by atoms with Crippen LogP contribution in [0.3, 0.4) is 0 Å². The minimum absolute atomic E-state index is 0.356. The Morgan fingerprint density at radius 1 is 1.67 bits per heavy atom. The lowest BCUT2D eigenvalue weighted by molar-refractivity contribution is -0.123. The van der Waals surface area contributed by atoms with Gasteiger partial charge in [0, 0.05) is 18.1 Å². The molecule has 0 aliphatic heterocycles. The molecule has 0 N–H and O–H groups in total. The minimum Gasteiger partial charge on any atom is -0.300 e. The summed E-state index contributed by atoms with van der Waals surface area (Å²) >= 11 is 4.02. The van der Waals surface area contributed by atoms with Crippen LogP contribution < -0.4 is 0 Å². The molecule has 0 aromatic carbocycles. The molecule has 1 fully saturated rings. The number of carbonyl (C=O) groups excluding carboxylic acids is 1. The van der Waals surface area contributed by atoms with Gasteiger partial charge in [0.15, 0.2) is 0 Å². The van der Waals surface area contributed by atoms with Crippen molar-refractivity contribution in [1.29, 1.82) is 0 Å². The van der Waals surface area contributed by atoms with Gasteiger partial charge in [-0.2, -0.15) is 12.6 Å². The Morgan fingerprint density at radius 2 is 2.17 bits per heavy atom. The largest absolute Gasteiger partial charge is 0.300 e. The van der Waals surface area contributed by atoms with Crippen LogP contribution >= 0.6 is 12.6 Å². The van der Waals surface area contributed by atoms with Crippen LogP contribution in [0.25, 0.3) is 0 Å². The van der Waals surface area contributed by atoms with Crippen LogP contribution in [0.15, 0.2) is 0 Å². The van der Waals surface area contributed by atoms with Crippen molar-refractivity contribution in [2.45, 2.75) is 18.1 Å². The van der Waals surface area contributed by atoms with E-state index in [0.717, 1.165) is 0 Å². The molecule has 0 unspecified atom stereocenters. The van der Waals surface area contributed by atoms with Gasteiger partial charge in [-0.1, -0.05) is 0 Å². The molecule has 0 amide bonds. The summed E-state index contributed by atoms with van der Waals surface area (Å²) in [4.78, 5) is 10.1. The average molecular weight is 102 g/mol. The highest BCUT2D eigenvalue weighted by molar-refractivity contribution is 7.81. The van der Waals surface area contributed by atoms with Crippen LogP contribution in [0, 0.1) is 0 Å². The first kappa shape index (κ1) is 4.19. The van der Waals surface area contributed by atoms with Crippen molar-refractivity contribution in [3.63, 3.8) is 0 Å². The van der Waals surface area contributed by atoms with Gasteiger partial charge in [0.1, 0.15) is 5.78 Å². The second kappa shape index (κ2) is 1.26. The van der Waals surface area contributed by atoms with E-state index in [1.165, 1.54) is 0 Å². The van der Waals surface area contributed by atoms with E-state index in [1.807, 2.05) is 0 Å². The van der Waals surface area contributed by atoms with E-state index in [4.69, 9.17) is 0 Å². The molecule has 1 aliphatic rings. The molecule has 0 aromatic rings. The van der Waals surface area contributed by atoms with Crippen LogP contribution in [-0.4, -0.2) is 11.0 Å². The molecule has 1 nitrogen and oxygen atoms in total. The lowest BCUT2D eigenvalue weighted by Gasteiger charge is -2.16. The Hall–Kier alpha value is 0.0200. The second-order valence-electron chi connectivity index (χ2n) is 1.60. The Balaban J connectivity index is 2.28. The van der Waals surface area contributed by atoms with Crippen LogP contribution in [0.1, 0.15) is 12.8 Å². The standard InChI is InChI=1S/C4H6OS/c5-3-1-4(6)2-3/h4,6H,1-2H2. The van der Waals surface area contributed by atoms with Crippen molar-refractivity contribution in [3.8, 4) is 0 Å². The first-order valence-corrected chi connectivity index (χ1v) is 2.50. The van der Waals surface area contributed by atoms with Gasteiger partial charge in [0.25, 0.3) is 0 Å². The highest BCUT2D eigenvalue weighted by atomic mass is 32.1. The van der Waals surface area contributed by atoms with Crippen LogP contribution in [0.4, 0.5) is 0 Å². The minimum atomic E-state index is 0.356. The normalized spacial score (nSPS) is 23.8. The molecule has 0 radical (unpaired) electrons. The Kier molecular flexibility index (Phi) is 0.880. The van der Waals surface area contributed by atoms with Crippen LogP contribution in [0.2, 0.25) is 0 Å². The summed E-state index contributed by atoms with van der Waals surface area (Å²) in [5.74, 6) is 0.356. The first-order chi connectivity index (χ1) is 2.79. The number of hydrogen-bond acceptors (Lipinski definition) is 2. The highest BCUT2D eigenvalue weighted by Gasteiger charge is 2.21. The van der Waals surface area contributed by atoms with Crippen molar-refractivity contribution >= 4 is 18.4 Å². The van der Waals surface area contributed by atoms with E-state index < -0.39 is 0 Å². The summed E-state index contributed by atoms with van der Waals surface area (Å²) in [6, 6.07) is 0. The fourth-order valence-corrected chi connectivity index (χ4v) is 0.873. The average Bonchev–Trinajstić information content (AvgIpc) is 1.33. The fourth-order valence-electron chi connectivity index (χ4n) is 0.466. The molecular formula is C4H6OS. The summed E-state index contributed by atoms with van der Waals surface area (Å²) in [6.07, 6.45) is 1.40. The number of Topliss-reactive ketones (excluding diaryl/α,β-unsaturated/α-hetero) is 1. The third kappa shape index (κ3) is 0.570. The third-order valence-corrected chi connectivity index (χ3v) is 1.29. The van der Waals surface area contributed by atoms with Gasteiger partial charge in [-0.05, 0) is 0 Å². The van der Waals surface area contributed by atoms with Crippen molar-refractivity contribution in [3.05, 3.63) is 0 Å². The summed E-state index contributed by atoms with van der Waals surface area (Å²) in [5.41, 5.74) is 0. The Labute approximate surface area is 42.1 Å². The summed E-state index contributed by atoms with van der Waals surface area (Å²) < 4.78 is 0. The molecule has 0 atom stereocenters. The van der Waals surface area contributed by atoms with E-state index in [-0.39, 0.29) is 0 Å². The molecule has 1 aliphatic carbocycles. The van der Waals surface area contributed by atoms with Crippen molar-refractivity contribution in [1.82, 2.24) is 0 Å². The third-order valence-electron chi connectivity index (χ3n) is 0.927. The lowest BCUT2D eigenvalue weighted by Crippen LogP contribution is -2.22. The lowest BCUT2D eigenvalue weighted by atomic mass is 9.98. The van der Waals surface area contributed by atoms with Crippen molar-refractivity contribution < 1.29 is 4.79 Å². The van der Waals surface area contributed by atoms with E-state index in [1.54, 1.807) is 0 Å². The van der Waals surface area contributed by atoms with E-state index in [9.17, 15) is 4.79 Å². The van der Waals surface area contributed by atoms with Gasteiger partial charge in [0.2, 0.25) is 0 Å². The Morgan fingerprint density at radius 3 is 2.17 bits per heavy atom. The molecule has 34 valence electrons. The topological polar surface area (TPSA) is 17.1 Å². The quantitative estimate of drug-likeness (QED) is 0.444. The zero-order valence-corrected chi connectivity index (χ0v) is 4.24. The van der Waals surface area contributed by atoms with Gasteiger partial charge in [-0.15, -0.1) is 0 Å². The maximum atomic E-state index is 10.1. The van der Waals surface area contributed by atoms with Crippen LogP contribution in [0.5, 0.6) is 0 Å². The Bertz CT molecular complexity index is 71.6. The zero-order valence-electron chi connectivity index (χ0n) is 3.35. The van der Waals surface area contributed by atoms with Crippen molar-refractivity contribution in [2.24, 2.45) is 0 Å². The van der Waals surface area contributed by atoms with Gasteiger partial charge < -0.3 is 0 Å². The molecule has 0 saturated heterocycles. The first-order valence-electron chi connectivity index (χ1n) is 1.99. The van der Waals surface area contributed by atoms with E-state index in [0.29, 0.717) is 23.9 Å². The molecule has 0 heterocycles. The fraction of sp³-hybridized carbons (Fsp3) is 0.750. The van der Waals surface area contributed by atoms with Crippen molar-refractivity contribution in [2.75, 3.05) is 0 Å². The molecule has 1 rings (SSSR count). The molecule has 0 bridgehead atoms. The maximum absolute atomic E-state index is 10.1. The molecular weight excluding hydrogens is 96.1 g/mol. The second-order valence-corrected chi connectivity index (χ2v) is 2.33. The number of thiol groups is 1. The van der Waals surface area contributed by atoms with Gasteiger partial charge in [-0.3, -0.25) is 4.79 Å². The monoisotopic (exact) mass is 102 g/mol. The number of rotatable bonds is 0. The van der Waals surface area contributed by atoms with E-state index >= 15 is 0 Å². The van der Waals surface area contributed by atoms with Gasteiger partial charge in [-0.25, -0.2) is 0 Å². The molecule has 0 spiro atoms. The molecule has 2 heteroatoms. The van der Waals surface area contributed by atoms with Gasteiger partial charge in [0.05, 0.1) is 0 Å². The maximum Gasteiger partial charge on any atom is 0.135 e. The number of carbonyl (C=O) groups is 1. The smallest absolute Gasteiger partial charge is 0.135 e.